The van der Waals surface area contributed by atoms with Crippen LogP contribution in [0.5, 0.6) is 0 Å². The molecule has 1 aromatic rings. The molecule has 30 heavy (non-hydrogen) atoms. The van der Waals surface area contributed by atoms with E-state index in [4.69, 9.17) is 0 Å². The molecule has 0 aromatic heterocycles. The van der Waals surface area contributed by atoms with Crippen molar-refractivity contribution in [1.82, 2.24) is 9.80 Å². The largest absolute Gasteiger partial charge is 0.338 e. The summed E-state index contributed by atoms with van der Waals surface area (Å²) < 4.78 is 0. The van der Waals surface area contributed by atoms with Crippen LogP contribution in [0, 0.1) is 11.3 Å². The first kappa shape index (κ1) is 21.9. The van der Waals surface area contributed by atoms with Crippen LogP contribution < -0.4 is 0 Å². The number of amides is 1. The van der Waals surface area contributed by atoms with E-state index in [0.717, 1.165) is 19.3 Å². The molecule has 3 nitrogen and oxygen atoms in total. The van der Waals surface area contributed by atoms with Crippen LogP contribution in [0.3, 0.4) is 0 Å². The van der Waals surface area contributed by atoms with Crippen LogP contribution in [-0.4, -0.2) is 42.4 Å². The number of likely N-dealkylation sites (tertiary alicyclic amines) is 1. The number of hydrogen-bond acceptors (Lipinski definition) is 2. The fourth-order valence-corrected chi connectivity index (χ4v) is 6.21. The number of carbonyl (C=O) groups excluding carboxylic acids is 1. The fraction of sp³-hybridized carbons (Fsp3) is 0.741. The first-order valence-electron chi connectivity index (χ1n) is 12.4. The number of piperidine rings is 1. The minimum atomic E-state index is 0.263. The molecule has 1 saturated carbocycles. The van der Waals surface area contributed by atoms with Crippen molar-refractivity contribution < 1.29 is 4.79 Å². The van der Waals surface area contributed by atoms with E-state index in [1.807, 2.05) is 0 Å². The van der Waals surface area contributed by atoms with Crippen LogP contribution >= 0.6 is 0 Å². The lowest BCUT2D eigenvalue weighted by molar-refractivity contribution is -0.136. The molecule has 1 heterocycles. The molecule has 1 atom stereocenters. The minimum absolute atomic E-state index is 0.263. The quantitative estimate of drug-likeness (QED) is 0.613. The Hall–Kier alpha value is -1.35. The predicted molar refractivity (Wildman–Crippen MR) is 125 cm³/mol. The molecule has 2 aliphatic carbocycles. The first-order chi connectivity index (χ1) is 14.3. The summed E-state index contributed by atoms with van der Waals surface area (Å²) in [7, 11) is 2.06. The summed E-state index contributed by atoms with van der Waals surface area (Å²) in [5, 5.41) is 0. The van der Waals surface area contributed by atoms with Gasteiger partial charge in [0.05, 0.1) is 6.04 Å². The van der Waals surface area contributed by atoms with E-state index in [9.17, 15) is 4.79 Å². The van der Waals surface area contributed by atoms with Crippen molar-refractivity contribution in [1.29, 1.82) is 0 Å². The summed E-state index contributed by atoms with van der Waals surface area (Å²) >= 11 is 0. The Labute approximate surface area is 184 Å². The maximum atomic E-state index is 13.1. The predicted octanol–water partition coefficient (Wildman–Crippen LogP) is 5.94. The smallest absolute Gasteiger partial charge is 0.225 e. The van der Waals surface area contributed by atoms with Crippen LogP contribution in [0.15, 0.2) is 24.3 Å². The molecule has 0 bridgehead atoms. The average molecular weight is 411 g/mol. The van der Waals surface area contributed by atoms with Crippen LogP contribution in [0.4, 0.5) is 0 Å². The van der Waals surface area contributed by atoms with Gasteiger partial charge in [0.1, 0.15) is 0 Å². The average Bonchev–Trinajstić information content (AvgIpc) is 3.27. The third kappa shape index (κ3) is 4.47. The number of nitrogens with zero attached hydrogens (tertiary/aromatic N) is 2. The monoisotopic (exact) mass is 410 g/mol. The highest BCUT2D eigenvalue weighted by atomic mass is 16.2. The summed E-state index contributed by atoms with van der Waals surface area (Å²) in [6.45, 7) is 10.7. The molecule has 1 aromatic carbocycles. The molecule has 166 valence electrons. The van der Waals surface area contributed by atoms with Gasteiger partial charge in [-0.3, -0.25) is 4.79 Å². The molecule has 1 saturated heterocycles. The number of fused-ring (bicyclic) bond motifs is 2. The lowest BCUT2D eigenvalue weighted by Gasteiger charge is -2.49. The summed E-state index contributed by atoms with van der Waals surface area (Å²) in [4.78, 5) is 17.9. The molecule has 1 spiro atoms. The van der Waals surface area contributed by atoms with E-state index in [1.165, 1.54) is 63.7 Å². The number of benzene rings is 1. The Morgan fingerprint density at radius 1 is 1.07 bits per heavy atom. The number of rotatable bonds is 4. The normalized spacial score (nSPS) is 24.7. The highest BCUT2D eigenvalue weighted by molar-refractivity contribution is 5.79. The maximum absolute atomic E-state index is 13.1. The van der Waals surface area contributed by atoms with Crippen LogP contribution in [0.25, 0.3) is 0 Å². The Morgan fingerprint density at radius 2 is 1.73 bits per heavy atom. The standard InChI is InChI=1S/C27H42N2O/c1-26(2,3)15-18-29-19-16-27(17-20-29)14-13-24(22-11-7-8-12-23(22)27)28(4)25(30)21-9-5-6-10-21/h7-8,11-12,21,24H,5-6,9-10,13-20H2,1-4H3/t24-/m0/s1. The maximum Gasteiger partial charge on any atom is 0.225 e. The van der Waals surface area contributed by atoms with Gasteiger partial charge < -0.3 is 9.80 Å². The van der Waals surface area contributed by atoms with Gasteiger partial charge in [-0.05, 0) is 86.5 Å². The summed E-state index contributed by atoms with van der Waals surface area (Å²) in [6, 6.07) is 9.34. The van der Waals surface area contributed by atoms with Crippen molar-refractivity contribution in [3.63, 3.8) is 0 Å². The molecule has 3 aliphatic rings. The Morgan fingerprint density at radius 3 is 2.40 bits per heavy atom. The lowest BCUT2D eigenvalue weighted by Crippen LogP contribution is -2.47. The molecule has 1 aliphatic heterocycles. The topological polar surface area (TPSA) is 23.6 Å². The van der Waals surface area contributed by atoms with Gasteiger partial charge in [-0.25, -0.2) is 0 Å². The zero-order chi connectivity index (χ0) is 21.4. The Bertz CT molecular complexity index is 735. The zero-order valence-electron chi connectivity index (χ0n) is 19.8. The highest BCUT2D eigenvalue weighted by Crippen LogP contribution is 2.49. The minimum Gasteiger partial charge on any atom is -0.338 e. The fourth-order valence-electron chi connectivity index (χ4n) is 6.21. The van der Waals surface area contributed by atoms with E-state index in [0.29, 0.717) is 16.7 Å². The van der Waals surface area contributed by atoms with Crippen molar-refractivity contribution in [2.24, 2.45) is 11.3 Å². The molecule has 4 rings (SSSR count). The number of hydrogen-bond donors (Lipinski definition) is 0. The second-order valence-corrected chi connectivity index (χ2v) is 11.5. The van der Waals surface area contributed by atoms with E-state index < -0.39 is 0 Å². The van der Waals surface area contributed by atoms with Crippen molar-refractivity contribution in [3.05, 3.63) is 35.4 Å². The lowest BCUT2D eigenvalue weighted by atomic mass is 9.63. The van der Waals surface area contributed by atoms with Gasteiger partial charge in [-0.2, -0.15) is 0 Å². The van der Waals surface area contributed by atoms with Crippen molar-refractivity contribution in [2.45, 2.75) is 90.0 Å². The first-order valence-corrected chi connectivity index (χ1v) is 12.4. The molecule has 2 fully saturated rings. The molecule has 1 amide bonds. The summed E-state index contributed by atoms with van der Waals surface area (Å²) in [6.07, 6.45) is 10.8. The Balaban J connectivity index is 1.48. The van der Waals surface area contributed by atoms with Crippen molar-refractivity contribution in [3.8, 4) is 0 Å². The van der Waals surface area contributed by atoms with E-state index >= 15 is 0 Å². The van der Waals surface area contributed by atoms with Crippen molar-refractivity contribution >= 4 is 5.91 Å². The molecule has 0 unspecified atom stereocenters. The highest BCUT2D eigenvalue weighted by Gasteiger charge is 2.43. The van der Waals surface area contributed by atoms with Gasteiger partial charge in [0.25, 0.3) is 0 Å². The van der Waals surface area contributed by atoms with Gasteiger partial charge in [-0.15, -0.1) is 0 Å². The van der Waals surface area contributed by atoms with Crippen LogP contribution in [-0.2, 0) is 10.2 Å². The van der Waals surface area contributed by atoms with E-state index in [1.54, 1.807) is 5.56 Å². The van der Waals surface area contributed by atoms with Gasteiger partial charge in [0.2, 0.25) is 5.91 Å². The van der Waals surface area contributed by atoms with Crippen LogP contribution in [0.2, 0.25) is 0 Å². The summed E-state index contributed by atoms with van der Waals surface area (Å²) in [5.74, 6) is 0.657. The molecule has 0 N–H and O–H groups in total. The van der Waals surface area contributed by atoms with Gasteiger partial charge >= 0.3 is 0 Å². The van der Waals surface area contributed by atoms with Gasteiger partial charge in [0, 0.05) is 13.0 Å². The zero-order valence-corrected chi connectivity index (χ0v) is 19.8. The third-order valence-corrected chi connectivity index (χ3v) is 8.30. The second-order valence-electron chi connectivity index (χ2n) is 11.5. The molecular weight excluding hydrogens is 368 g/mol. The van der Waals surface area contributed by atoms with E-state index in [2.05, 4.69) is 61.9 Å². The van der Waals surface area contributed by atoms with Gasteiger partial charge in [0.15, 0.2) is 0 Å². The van der Waals surface area contributed by atoms with Gasteiger partial charge in [-0.1, -0.05) is 57.9 Å². The SMILES string of the molecule is CN(C(=O)C1CCCC1)[C@H]1CCC2(CCN(CCC(C)(C)C)CC2)c2ccccc21. The van der Waals surface area contributed by atoms with E-state index in [-0.39, 0.29) is 12.0 Å². The summed E-state index contributed by atoms with van der Waals surface area (Å²) in [5.41, 5.74) is 3.71. The molecule has 0 radical (unpaired) electrons. The van der Waals surface area contributed by atoms with Crippen molar-refractivity contribution in [2.75, 3.05) is 26.7 Å². The molecular formula is C27H42N2O. The third-order valence-electron chi connectivity index (χ3n) is 8.30. The van der Waals surface area contributed by atoms with Crippen LogP contribution in [0.1, 0.15) is 95.7 Å². The Kier molecular flexibility index (Phi) is 6.30. The molecule has 3 heteroatoms. The second kappa shape index (κ2) is 8.65. The number of carbonyl (C=O) groups is 1.